The zero-order chi connectivity index (χ0) is 15.2. The summed E-state index contributed by atoms with van der Waals surface area (Å²) in [4.78, 5) is 10.2. The molecule has 0 aromatic heterocycles. The minimum absolute atomic E-state index is 0.0283. The number of benzene rings is 2. The molecule has 2 aromatic carbocycles. The molecule has 0 aliphatic carbocycles. The lowest BCUT2D eigenvalue weighted by Gasteiger charge is -2.03. The van der Waals surface area contributed by atoms with E-state index in [0.717, 1.165) is 0 Å². The van der Waals surface area contributed by atoms with Crippen molar-refractivity contribution in [3.8, 4) is 11.5 Å². The van der Waals surface area contributed by atoms with Crippen LogP contribution in [0.1, 0.15) is 5.56 Å². The summed E-state index contributed by atoms with van der Waals surface area (Å²) in [7, 11) is 1.52. The Balaban J connectivity index is 2.12. The number of anilines is 1. The van der Waals surface area contributed by atoms with Gasteiger partial charge in [-0.1, -0.05) is 6.07 Å². The Kier molecular flexibility index (Phi) is 4.35. The lowest BCUT2D eigenvalue weighted by Crippen LogP contribution is -1.93. The largest absolute Gasteiger partial charge is 0.507 e. The average Bonchev–Trinajstić information content (AvgIpc) is 2.49. The van der Waals surface area contributed by atoms with Crippen LogP contribution in [0.4, 0.5) is 11.4 Å². The molecule has 0 saturated heterocycles. The molecule has 0 unspecified atom stereocenters. The molecule has 0 radical (unpaired) electrons. The summed E-state index contributed by atoms with van der Waals surface area (Å²) in [6.07, 6.45) is 1.40. The molecular weight excluding hydrogens is 274 g/mol. The number of rotatable bonds is 5. The summed E-state index contributed by atoms with van der Waals surface area (Å²) in [5.74, 6) is 0.644. The van der Waals surface area contributed by atoms with Gasteiger partial charge in [-0.25, -0.2) is 0 Å². The van der Waals surface area contributed by atoms with E-state index in [1.807, 2.05) is 0 Å². The molecule has 0 spiro atoms. The standard InChI is InChI=1S/C14H13N3O4/c1-21-13-5-6-14(18)10(7-13)9-15-16-11-3-2-4-12(8-11)17(19)20/h2-9,16,18H,1H3. The van der Waals surface area contributed by atoms with E-state index < -0.39 is 4.92 Å². The maximum Gasteiger partial charge on any atom is 0.271 e. The van der Waals surface area contributed by atoms with Gasteiger partial charge in [0.1, 0.15) is 11.5 Å². The fourth-order valence-corrected chi connectivity index (χ4v) is 1.63. The number of hydrogen-bond acceptors (Lipinski definition) is 6. The zero-order valence-corrected chi connectivity index (χ0v) is 11.2. The molecule has 0 heterocycles. The maximum absolute atomic E-state index is 10.7. The molecule has 0 amide bonds. The van der Waals surface area contributed by atoms with Crippen molar-refractivity contribution in [3.63, 3.8) is 0 Å². The molecule has 0 aliphatic heterocycles. The number of nitro benzene ring substituents is 1. The predicted molar refractivity (Wildman–Crippen MR) is 79.0 cm³/mol. The van der Waals surface area contributed by atoms with Gasteiger partial charge >= 0.3 is 0 Å². The lowest BCUT2D eigenvalue weighted by atomic mass is 10.2. The van der Waals surface area contributed by atoms with E-state index >= 15 is 0 Å². The number of hydrogen-bond donors (Lipinski definition) is 2. The minimum Gasteiger partial charge on any atom is -0.507 e. The number of phenols is 1. The predicted octanol–water partition coefficient (Wildman–Crippen LogP) is 2.76. The molecule has 2 N–H and O–H groups in total. The molecular formula is C14H13N3O4. The Morgan fingerprint density at radius 1 is 1.33 bits per heavy atom. The number of nitrogens with one attached hydrogen (secondary N) is 1. The summed E-state index contributed by atoms with van der Waals surface area (Å²) in [5, 5.41) is 24.3. The lowest BCUT2D eigenvalue weighted by molar-refractivity contribution is -0.384. The Hall–Kier alpha value is -3.09. The van der Waals surface area contributed by atoms with Crippen LogP contribution in [0.25, 0.3) is 0 Å². The number of ether oxygens (including phenoxy) is 1. The summed E-state index contributed by atoms with van der Waals surface area (Å²) < 4.78 is 5.05. The summed E-state index contributed by atoms with van der Waals surface area (Å²) >= 11 is 0. The van der Waals surface area contributed by atoms with Crippen LogP contribution in [0.2, 0.25) is 0 Å². The summed E-state index contributed by atoms with van der Waals surface area (Å²) in [5.41, 5.74) is 3.58. The zero-order valence-electron chi connectivity index (χ0n) is 11.2. The van der Waals surface area contributed by atoms with Gasteiger partial charge in [0.05, 0.1) is 23.9 Å². The van der Waals surface area contributed by atoms with Gasteiger partial charge in [-0.2, -0.15) is 5.10 Å². The fraction of sp³-hybridized carbons (Fsp3) is 0.0714. The molecule has 2 rings (SSSR count). The van der Waals surface area contributed by atoms with E-state index in [1.54, 1.807) is 24.3 Å². The molecule has 0 fully saturated rings. The molecule has 0 atom stereocenters. The molecule has 0 saturated carbocycles. The number of hydrazone groups is 1. The molecule has 21 heavy (non-hydrogen) atoms. The first-order chi connectivity index (χ1) is 10.1. The monoisotopic (exact) mass is 287 g/mol. The quantitative estimate of drug-likeness (QED) is 0.500. The van der Waals surface area contributed by atoms with Crippen LogP contribution in [-0.4, -0.2) is 23.4 Å². The van der Waals surface area contributed by atoms with Gasteiger partial charge in [-0.3, -0.25) is 15.5 Å². The van der Waals surface area contributed by atoms with Gasteiger partial charge in [-0.15, -0.1) is 0 Å². The van der Waals surface area contributed by atoms with Gasteiger partial charge in [0.2, 0.25) is 0 Å². The van der Waals surface area contributed by atoms with Crippen LogP contribution in [0.15, 0.2) is 47.6 Å². The highest BCUT2D eigenvalue weighted by molar-refractivity contribution is 5.84. The highest BCUT2D eigenvalue weighted by atomic mass is 16.6. The Labute approximate surface area is 120 Å². The van der Waals surface area contributed by atoms with Gasteiger partial charge in [0.25, 0.3) is 5.69 Å². The second kappa shape index (κ2) is 6.38. The van der Waals surface area contributed by atoms with E-state index in [4.69, 9.17) is 4.74 Å². The fourth-order valence-electron chi connectivity index (χ4n) is 1.63. The molecule has 0 bridgehead atoms. The van der Waals surface area contributed by atoms with Gasteiger partial charge < -0.3 is 9.84 Å². The van der Waals surface area contributed by atoms with Crippen molar-refractivity contribution < 1.29 is 14.8 Å². The third-order valence-corrected chi connectivity index (χ3v) is 2.69. The molecule has 7 heteroatoms. The Bertz CT molecular complexity index is 686. The van der Waals surface area contributed by atoms with Crippen molar-refractivity contribution in [2.24, 2.45) is 5.10 Å². The number of non-ortho nitro benzene ring substituents is 1. The molecule has 108 valence electrons. The van der Waals surface area contributed by atoms with Crippen LogP contribution >= 0.6 is 0 Å². The SMILES string of the molecule is COc1ccc(O)c(C=NNc2cccc([N+](=O)[O-])c2)c1. The highest BCUT2D eigenvalue weighted by Crippen LogP contribution is 2.21. The van der Waals surface area contributed by atoms with Gasteiger partial charge in [0.15, 0.2) is 0 Å². The van der Waals surface area contributed by atoms with Crippen molar-refractivity contribution >= 4 is 17.6 Å². The molecule has 7 nitrogen and oxygen atoms in total. The van der Waals surface area contributed by atoms with E-state index in [0.29, 0.717) is 17.0 Å². The van der Waals surface area contributed by atoms with Gasteiger partial charge in [0, 0.05) is 17.7 Å². The summed E-state index contributed by atoms with van der Waals surface area (Å²) in [6.45, 7) is 0. The number of nitrogens with zero attached hydrogens (tertiary/aromatic N) is 2. The van der Waals surface area contributed by atoms with Crippen molar-refractivity contribution in [1.82, 2.24) is 0 Å². The smallest absolute Gasteiger partial charge is 0.271 e. The normalized spacial score (nSPS) is 10.5. The summed E-state index contributed by atoms with van der Waals surface area (Å²) in [6, 6.07) is 10.7. The van der Waals surface area contributed by atoms with Crippen LogP contribution in [0.5, 0.6) is 11.5 Å². The van der Waals surface area contributed by atoms with Crippen molar-refractivity contribution in [2.45, 2.75) is 0 Å². The molecule has 2 aromatic rings. The van der Waals surface area contributed by atoms with E-state index in [-0.39, 0.29) is 11.4 Å². The Morgan fingerprint density at radius 3 is 2.86 bits per heavy atom. The van der Waals surface area contributed by atoms with Crippen LogP contribution in [-0.2, 0) is 0 Å². The van der Waals surface area contributed by atoms with E-state index in [1.165, 1.54) is 31.5 Å². The van der Waals surface area contributed by atoms with Gasteiger partial charge in [-0.05, 0) is 24.3 Å². The van der Waals surface area contributed by atoms with Crippen molar-refractivity contribution in [3.05, 3.63) is 58.1 Å². The van der Waals surface area contributed by atoms with Crippen LogP contribution in [0.3, 0.4) is 0 Å². The number of methoxy groups -OCH3 is 1. The van der Waals surface area contributed by atoms with Crippen molar-refractivity contribution in [2.75, 3.05) is 12.5 Å². The van der Waals surface area contributed by atoms with Crippen LogP contribution < -0.4 is 10.2 Å². The first kappa shape index (κ1) is 14.3. The number of nitro groups is 1. The van der Waals surface area contributed by atoms with E-state index in [9.17, 15) is 15.2 Å². The average molecular weight is 287 g/mol. The number of phenolic OH excluding ortho intramolecular Hbond substituents is 1. The van der Waals surface area contributed by atoms with Crippen LogP contribution in [0, 0.1) is 10.1 Å². The first-order valence-corrected chi connectivity index (χ1v) is 6.00. The maximum atomic E-state index is 10.7. The second-order valence-electron chi connectivity index (χ2n) is 4.10. The first-order valence-electron chi connectivity index (χ1n) is 6.00. The number of aromatic hydroxyl groups is 1. The molecule has 0 aliphatic rings. The van der Waals surface area contributed by atoms with Crippen molar-refractivity contribution in [1.29, 1.82) is 0 Å². The third-order valence-electron chi connectivity index (χ3n) is 2.69. The Morgan fingerprint density at radius 2 is 2.14 bits per heavy atom. The minimum atomic E-state index is -0.483. The highest BCUT2D eigenvalue weighted by Gasteiger charge is 2.05. The van der Waals surface area contributed by atoms with E-state index in [2.05, 4.69) is 10.5 Å². The third kappa shape index (κ3) is 3.69. The topological polar surface area (TPSA) is 97.0 Å². The second-order valence-corrected chi connectivity index (χ2v) is 4.10.